The van der Waals surface area contributed by atoms with Crippen molar-refractivity contribution in [2.45, 2.75) is 19.4 Å². The maximum absolute atomic E-state index is 10.5. The Morgan fingerprint density at radius 3 is 2.57 bits per heavy atom. The van der Waals surface area contributed by atoms with E-state index in [1.807, 2.05) is 13.8 Å². The molecule has 0 bridgehead atoms. The lowest BCUT2D eigenvalue weighted by Crippen LogP contribution is -2.40. The number of hydrogen-bond donors (Lipinski definition) is 1. The molecule has 1 fully saturated rings. The molecule has 1 aromatic heterocycles. The van der Waals surface area contributed by atoms with Gasteiger partial charge in [-0.05, 0) is 22.0 Å². The van der Waals surface area contributed by atoms with Crippen molar-refractivity contribution in [3.8, 4) is 0 Å². The van der Waals surface area contributed by atoms with Crippen LogP contribution in [0.4, 0.5) is 0 Å². The van der Waals surface area contributed by atoms with Gasteiger partial charge in [0.2, 0.25) is 0 Å². The molecule has 1 aromatic rings. The van der Waals surface area contributed by atoms with E-state index in [2.05, 4.69) is 15.9 Å². The van der Waals surface area contributed by atoms with E-state index in [0.29, 0.717) is 12.4 Å². The Hall–Kier alpha value is -0.320. The van der Waals surface area contributed by atoms with E-state index >= 15 is 0 Å². The molecular weight excluding hydrogens is 248 g/mol. The van der Waals surface area contributed by atoms with Crippen LogP contribution in [0.1, 0.15) is 19.6 Å². The summed E-state index contributed by atoms with van der Waals surface area (Å²) in [6.07, 6.45) is 1.56. The van der Waals surface area contributed by atoms with Crippen LogP contribution < -0.4 is 0 Å². The van der Waals surface area contributed by atoms with E-state index in [9.17, 15) is 5.11 Å². The predicted octanol–water partition coefficient (Wildman–Crippen LogP) is 2.29. The van der Waals surface area contributed by atoms with Crippen LogP contribution in [0.2, 0.25) is 0 Å². The molecule has 0 saturated carbocycles. The molecule has 4 heteroatoms. The number of halogens is 1. The SMILES string of the molecule is CC1(C)COCC1(O)c1occc1Br. The molecule has 3 nitrogen and oxygen atoms in total. The minimum Gasteiger partial charge on any atom is -0.465 e. The molecule has 2 rings (SSSR count). The van der Waals surface area contributed by atoms with Gasteiger partial charge in [0.15, 0.2) is 11.4 Å². The normalized spacial score (nSPS) is 30.9. The van der Waals surface area contributed by atoms with Gasteiger partial charge < -0.3 is 14.3 Å². The highest BCUT2D eigenvalue weighted by Gasteiger charge is 2.53. The second-order valence-corrected chi connectivity index (χ2v) is 5.19. The molecule has 14 heavy (non-hydrogen) atoms. The lowest BCUT2D eigenvalue weighted by Gasteiger charge is -2.32. The first-order valence-corrected chi connectivity index (χ1v) is 5.30. The largest absolute Gasteiger partial charge is 0.465 e. The van der Waals surface area contributed by atoms with Crippen LogP contribution in [-0.2, 0) is 10.3 Å². The maximum atomic E-state index is 10.5. The van der Waals surface area contributed by atoms with Crippen molar-refractivity contribution in [2.75, 3.05) is 13.2 Å². The van der Waals surface area contributed by atoms with Gasteiger partial charge in [0, 0.05) is 5.41 Å². The Balaban J connectivity index is 2.47. The average Bonchev–Trinajstić information content (AvgIpc) is 2.59. The molecule has 0 radical (unpaired) electrons. The Bertz CT molecular complexity index is 345. The third-order valence-electron chi connectivity index (χ3n) is 2.89. The average molecular weight is 261 g/mol. The summed E-state index contributed by atoms with van der Waals surface area (Å²) in [6.45, 7) is 4.76. The van der Waals surface area contributed by atoms with Gasteiger partial charge in [-0.1, -0.05) is 13.8 Å². The van der Waals surface area contributed by atoms with Gasteiger partial charge in [0.25, 0.3) is 0 Å². The second kappa shape index (κ2) is 3.08. The highest BCUT2D eigenvalue weighted by molar-refractivity contribution is 9.10. The van der Waals surface area contributed by atoms with Gasteiger partial charge in [-0.3, -0.25) is 0 Å². The monoisotopic (exact) mass is 260 g/mol. The quantitative estimate of drug-likeness (QED) is 0.843. The molecule has 0 amide bonds. The Morgan fingerprint density at radius 2 is 2.14 bits per heavy atom. The molecule has 78 valence electrons. The zero-order valence-corrected chi connectivity index (χ0v) is 9.80. The fourth-order valence-corrected chi connectivity index (χ4v) is 2.26. The number of aliphatic hydroxyl groups is 1. The summed E-state index contributed by atoms with van der Waals surface area (Å²) in [6, 6.07) is 1.78. The lowest BCUT2D eigenvalue weighted by molar-refractivity contribution is -0.0564. The highest BCUT2D eigenvalue weighted by Crippen LogP contribution is 2.47. The minimum atomic E-state index is -1.03. The number of hydrogen-bond acceptors (Lipinski definition) is 3. The van der Waals surface area contributed by atoms with Crippen molar-refractivity contribution in [2.24, 2.45) is 5.41 Å². The molecule has 1 aliphatic heterocycles. The van der Waals surface area contributed by atoms with Crippen LogP contribution in [0.25, 0.3) is 0 Å². The van der Waals surface area contributed by atoms with Crippen molar-refractivity contribution >= 4 is 15.9 Å². The zero-order chi connectivity index (χ0) is 10.4. The molecule has 2 heterocycles. The van der Waals surface area contributed by atoms with Crippen molar-refractivity contribution in [3.63, 3.8) is 0 Å². The predicted molar refractivity (Wildman–Crippen MR) is 54.9 cm³/mol. The fraction of sp³-hybridized carbons (Fsp3) is 0.600. The Morgan fingerprint density at radius 1 is 1.43 bits per heavy atom. The van der Waals surface area contributed by atoms with E-state index < -0.39 is 5.60 Å². The van der Waals surface area contributed by atoms with Crippen molar-refractivity contribution in [1.29, 1.82) is 0 Å². The summed E-state index contributed by atoms with van der Waals surface area (Å²) in [5.74, 6) is 0.556. The summed E-state index contributed by atoms with van der Waals surface area (Å²) >= 11 is 3.35. The summed E-state index contributed by atoms with van der Waals surface area (Å²) in [5.41, 5.74) is -1.36. The van der Waals surface area contributed by atoms with Crippen LogP contribution in [0.3, 0.4) is 0 Å². The standard InChI is InChI=1S/C10H13BrO3/c1-9(2)5-13-6-10(9,12)8-7(11)3-4-14-8/h3-4,12H,5-6H2,1-2H3. The number of ether oxygens (including phenoxy) is 1. The smallest absolute Gasteiger partial charge is 0.154 e. The second-order valence-electron chi connectivity index (χ2n) is 4.33. The van der Waals surface area contributed by atoms with E-state index in [0.717, 1.165) is 4.47 Å². The maximum Gasteiger partial charge on any atom is 0.154 e. The molecule has 1 N–H and O–H groups in total. The van der Waals surface area contributed by atoms with Crippen LogP contribution in [0.15, 0.2) is 21.2 Å². The Kier molecular flexibility index (Phi) is 2.25. The van der Waals surface area contributed by atoms with E-state index in [1.54, 1.807) is 12.3 Å². The number of rotatable bonds is 1. The topological polar surface area (TPSA) is 42.6 Å². The highest BCUT2D eigenvalue weighted by atomic mass is 79.9. The van der Waals surface area contributed by atoms with Crippen molar-refractivity contribution in [3.05, 3.63) is 22.6 Å². The summed E-state index contributed by atoms with van der Waals surface area (Å²) < 4.78 is 11.4. The molecule has 0 aromatic carbocycles. The first-order chi connectivity index (χ1) is 6.47. The van der Waals surface area contributed by atoms with E-state index in [1.165, 1.54) is 0 Å². The lowest BCUT2D eigenvalue weighted by atomic mass is 9.76. The number of furan rings is 1. The van der Waals surface area contributed by atoms with Crippen LogP contribution in [0.5, 0.6) is 0 Å². The summed E-state index contributed by atoms with van der Waals surface area (Å²) in [5, 5.41) is 10.5. The Labute approximate surface area is 91.2 Å². The van der Waals surface area contributed by atoms with Gasteiger partial charge in [0.1, 0.15) is 0 Å². The summed E-state index contributed by atoms with van der Waals surface area (Å²) in [7, 11) is 0. The molecule has 1 saturated heterocycles. The van der Waals surface area contributed by atoms with Gasteiger partial charge in [-0.15, -0.1) is 0 Å². The fourth-order valence-electron chi connectivity index (χ4n) is 1.73. The van der Waals surface area contributed by atoms with Gasteiger partial charge in [-0.25, -0.2) is 0 Å². The third kappa shape index (κ3) is 1.25. The minimum absolute atomic E-state index is 0.284. The van der Waals surface area contributed by atoms with Crippen LogP contribution in [-0.4, -0.2) is 18.3 Å². The van der Waals surface area contributed by atoms with Crippen LogP contribution in [0, 0.1) is 5.41 Å². The molecule has 0 aliphatic carbocycles. The zero-order valence-electron chi connectivity index (χ0n) is 8.21. The molecule has 1 aliphatic rings. The van der Waals surface area contributed by atoms with Crippen molar-refractivity contribution in [1.82, 2.24) is 0 Å². The third-order valence-corrected chi connectivity index (χ3v) is 3.51. The first-order valence-electron chi connectivity index (χ1n) is 4.51. The summed E-state index contributed by atoms with van der Waals surface area (Å²) in [4.78, 5) is 0. The van der Waals surface area contributed by atoms with Gasteiger partial charge in [0.05, 0.1) is 23.9 Å². The van der Waals surface area contributed by atoms with Gasteiger partial charge >= 0.3 is 0 Å². The van der Waals surface area contributed by atoms with Crippen molar-refractivity contribution < 1.29 is 14.3 Å². The molecule has 1 atom stereocenters. The van der Waals surface area contributed by atoms with E-state index in [-0.39, 0.29) is 12.0 Å². The first kappa shape index (κ1) is 10.2. The molecular formula is C10H13BrO3. The van der Waals surface area contributed by atoms with E-state index in [4.69, 9.17) is 9.15 Å². The molecule has 1 unspecified atom stereocenters. The van der Waals surface area contributed by atoms with Crippen LogP contribution >= 0.6 is 15.9 Å². The molecule has 0 spiro atoms. The van der Waals surface area contributed by atoms with Gasteiger partial charge in [-0.2, -0.15) is 0 Å².